The van der Waals surface area contributed by atoms with Crippen molar-refractivity contribution in [2.24, 2.45) is 0 Å². The van der Waals surface area contributed by atoms with E-state index in [4.69, 9.17) is 16.7 Å². The standard InChI is InChI=1S/C11H10ClF3O2/c1-10(9(16)17,6-11(13,14)15)7-2-4-8(12)5-3-7/h2-5H,6H2,1H3,(H,16,17). The van der Waals surface area contributed by atoms with Gasteiger partial charge in [0.05, 0.1) is 11.8 Å². The van der Waals surface area contributed by atoms with Gasteiger partial charge in [-0.25, -0.2) is 0 Å². The first-order valence-electron chi connectivity index (χ1n) is 4.71. The molecule has 0 spiro atoms. The Bertz CT molecular complexity index is 414. The molecule has 1 aromatic rings. The van der Waals surface area contributed by atoms with Gasteiger partial charge in [0, 0.05) is 5.02 Å². The van der Waals surface area contributed by atoms with Crippen LogP contribution in [0.25, 0.3) is 0 Å². The van der Waals surface area contributed by atoms with Crippen molar-refractivity contribution >= 4 is 17.6 Å². The van der Waals surface area contributed by atoms with Gasteiger partial charge < -0.3 is 5.11 Å². The highest BCUT2D eigenvalue weighted by molar-refractivity contribution is 6.30. The minimum atomic E-state index is -4.55. The topological polar surface area (TPSA) is 37.3 Å². The molecule has 0 amide bonds. The number of rotatable bonds is 3. The first kappa shape index (κ1) is 13.8. The fourth-order valence-corrected chi connectivity index (χ4v) is 1.65. The van der Waals surface area contributed by atoms with Gasteiger partial charge in [-0.15, -0.1) is 0 Å². The lowest BCUT2D eigenvalue weighted by molar-refractivity contribution is -0.166. The minimum absolute atomic E-state index is 0.0757. The van der Waals surface area contributed by atoms with E-state index < -0.39 is 24.0 Å². The van der Waals surface area contributed by atoms with Crippen LogP contribution in [0.3, 0.4) is 0 Å². The van der Waals surface area contributed by atoms with E-state index in [9.17, 15) is 18.0 Å². The monoisotopic (exact) mass is 266 g/mol. The third-order valence-electron chi connectivity index (χ3n) is 2.51. The lowest BCUT2D eigenvalue weighted by atomic mass is 9.79. The van der Waals surface area contributed by atoms with Crippen LogP contribution in [0, 0.1) is 0 Å². The third-order valence-corrected chi connectivity index (χ3v) is 2.76. The largest absolute Gasteiger partial charge is 0.481 e. The summed E-state index contributed by atoms with van der Waals surface area (Å²) in [5, 5.41) is 9.33. The van der Waals surface area contributed by atoms with E-state index in [0.717, 1.165) is 6.92 Å². The fourth-order valence-electron chi connectivity index (χ4n) is 1.52. The van der Waals surface area contributed by atoms with E-state index in [1.54, 1.807) is 0 Å². The molecular formula is C11H10ClF3O2. The van der Waals surface area contributed by atoms with E-state index in [1.807, 2.05) is 0 Å². The maximum absolute atomic E-state index is 12.4. The smallest absolute Gasteiger partial charge is 0.390 e. The van der Waals surface area contributed by atoms with Crippen molar-refractivity contribution in [2.45, 2.75) is 24.9 Å². The van der Waals surface area contributed by atoms with Gasteiger partial charge in [-0.1, -0.05) is 23.7 Å². The maximum atomic E-state index is 12.4. The minimum Gasteiger partial charge on any atom is -0.481 e. The van der Waals surface area contributed by atoms with Crippen LogP contribution in [-0.4, -0.2) is 17.3 Å². The molecule has 0 fully saturated rings. The highest BCUT2D eigenvalue weighted by Gasteiger charge is 2.45. The number of alkyl halides is 3. The molecule has 0 radical (unpaired) electrons. The van der Waals surface area contributed by atoms with Crippen LogP contribution < -0.4 is 0 Å². The molecule has 6 heteroatoms. The molecule has 94 valence electrons. The summed E-state index contributed by atoms with van der Waals surface area (Å²) in [6.45, 7) is 1.05. The van der Waals surface area contributed by atoms with Crippen molar-refractivity contribution in [3.8, 4) is 0 Å². The SMILES string of the molecule is CC(CC(F)(F)F)(C(=O)O)c1ccc(Cl)cc1. The Hall–Kier alpha value is -1.23. The number of carbonyl (C=O) groups is 1. The predicted octanol–water partition coefficient (Wildman–Crippen LogP) is 3.63. The number of hydrogen-bond donors (Lipinski definition) is 1. The molecule has 0 aromatic heterocycles. The summed E-state index contributed by atoms with van der Waals surface area (Å²) in [7, 11) is 0. The average Bonchev–Trinajstić information content (AvgIpc) is 2.15. The molecule has 17 heavy (non-hydrogen) atoms. The van der Waals surface area contributed by atoms with Crippen LogP contribution in [0.15, 0.2) is 24.3 Å². The van der Waals surface area contributed by atoms with Crippen molar-refractivity contribution in [2.75, 3.05) is 0 Å². The van der Waals surface area contributed by atoms with Crippen molar-refractivity contribution in [1.29, 1.82) is 0 Å². The first-order chi connectivity index (χ1) is 7.65. The lowest BCUT2D eigenvalue weighted by Gasteiger charge is -2.26. The van der Waals surface area contributed by atoms with Crippen molar-refractivity contribution in [3.63, 3.8) is 0 Å². The summed E-state index contributed by atoms with van der Waals surface area (Å²) in [4.78, 5) is 11.1. The molecule has 0 aliphatic carbocycles. The van der Waals surface area contributed by atoms with Gasteiger partial charge in [0.1, 0.15) is 0 Å². The molecule has 1 rings (SSSR count). The fraction of sp³-hybridized carbons (Fsp3) is 0.364. The van der Waals surface area contributed by atoms with Crippen molar-refractivity contribution < 1.29 is 23.1 Å². The summed E-state index contributed by atoms with van der Waals surface area (Å²) in [5.74, 6) is -1.52. The summed E-state index contributed by atoms with van der Waals surface area (Å²) >= 11 is 5.60. The van der Waals surface area contributed by atoms with Crippen molar-refractivity contribution in [1.82, 2.24) is 0 Å². The maximum Gasteiger partial charge on any atom is 0.390 e. The highest BCUT2D eigenvalue weighted by Crippen LogP contribution is 2.37. The Morgan fingerprint density at radius 2 is 1.76 bits per heavy atom. The Morgan fingerprint density at radius 3 is 2.12 bits per heavy atom. The number of hydrogen-bond acceptors (Lipinski definition) is 1. The molecule has 0 heterocycles. The molecule has 1 aromatic carbocycles. The van der Waals surface area contributed by atoms with Gasteiger partial charge in [0.15, 0.2) is 0 Å². The summed E-state index contributed by atoms with van der Waals surface area (Å²) < 4.78 is 37.2. The zero-order valence-corrected chi connectivity index (χ0v) is 9.64. The molecule has 1 atom stereocenters. The van der Waals surface area contributed by atoms with Gasteiger partial charge in [0.2, 0.25) is 0 Å². The zero-order valence-electron chi connectivity index (χ0n) is 8.88. The number of carboxylic acids is 1. The summed E-state index contributed by atoms with van der Waals surface area (Å²) in [5.41, 5.74) is -1.92. The molecule has 0 saturated heterocycles. The second-order valence-electron chi connectivity index (χ2n) is 3.94. The van der Waals surface area contributed by atoms with Crippen LogP contribution in [0.1, 0.15) is 18.9 Å². The molecular weight excluding hydrogens is 257 g/mol. The lowest BCUT2D eigenvalue weighted by Crippen LogP contribution is -2.37. The number of benzene rings is 1. The number of carboxylic acid groups (broad SMARTS) is 1. The molecule has 1 unspecified atom stereocenters. The van der Waals surface area contributed by atoms with Crippen LogP contribution in [0.4, 0.5) is 13.2 Å². The van der Waals surface area contributed by atoms with E-state index in [0.29, 0.717) is 5.02 Å². The quantitative estimate of drug-likeness (QED) is 0.907. The van der Waals surface area contributed by atoms with Crippen molar-refractivity contribution in [3.05, 3.63) is 34.9 Å². The van der Waals surface area contributed by atoms with E-state index >= 15 is 0 Å². The van der Waals surface area contributed by atoms with Gasteiger partial charge in [-0.05, 0) is 24.6 Å². The summed E-state index contributed by atoms with van der Waals surface area (Å²) in [6, 6.07) is 5.33. The van der Waals surface area contributed by atoms with E-state index in [1.165, 1.54) is 24.3 Å². The number of aliphatic carboxylic acids is 1. The first-order valence-corrected chi connectivity index (χ1v) is 5.09. The van der Waals surface area contributed by atoms with Crippen LogP contribution in [0.2, 0.25) is 5.02 Å². The average molecular weight is 267 g/mol. The molecule has 0 aliphatic rings. The second kappa shape index (κ2) is 4.56. The molecule has 0 aliphatic heterocycles. The summed E-state index contributed by atoms with van der Waals surface area (Å²) in [6.07, 6.45) is -5.97. The Balaban J connectivity index is 3.16. The second-order valence-corrected chi connectivity index (χ2v) is 4.37. The molecule has 2 nitrogen and oxygen atoms in total. The van der Waals surface area contributed by atoms with Gasteiger partial charge in [-0.3, -0.25) is 4.79 Å². The van der Waals surface area contributed by atoms with Crippen LogP contribution in [0.5, 0.6) is 0 Å². The van der Waals surface area contributed by atoms with Gasteiger partial charge in [0.25, 0.3) is 0 Å². The van der Waals surface area contributed by atoms with E-state index in [-0.39, 0.29) is 5.56 Å². The Labute approximate surface area is 101 Å². The molecule has 1 N–H and O–H groups in total. The molecule has 0 bridgehead atoms. The highest BCUT2D eigenvalue weighted by atomic mass is 35.5. The van der Waals surface area contributed by atoms with Crippen LogP contribution in [-0.2, 0) is 10.2 Å². The number of halogens is 4. The Morgan fingerprint density at radius 1 is 1.29 bits per heavy atom. The van der Waals surface area contributed by atoms with Gasteiger partial charge >= 0.3 is 12.1 Å². The third kappa shape index (κ3) is 3.36. The zero-order chi connectivity index (χ0) is 13.3. The van der Waals surface area contributed by atoms with Gasteiger partial charge in [-0.2, -0.15) is 13.2 Å². The molecule has 0 saturated carbocycles. The predicted molar refractivity (Wildman–Crippen MR) is 57.1 cm³/mol. The van der Waals surface area contributed by atoms with E-state index in [2.05, 4.69) is 0 Å². The Kier molecular flexibility index (Phi) is 3.71. The normalized spacial score (nSPS) is 15.4. The van der Waals surface area contributed by atoms with Crippen LogP contribution >= 0.6 is 11.6 Å².